The fourth-order valence-corrected chi connectivity index (χ4v) is 2.70. The molecule has 3 aromatic rings. The van der Waals surface area contributed by atoms with Gasteiger partial charge in [-0.3, -0.25) is 4.79 Å². The maximum absolute atomic E-state index is 12.6. The Bertz CT molecular complexity index is 932. The molecule has 0 atom stereocenters. The van der Waals surface area contributed by atoms with Gasteiger partial charge in [0.15, 0.2) is 0 Å². The van der Waals surface area contributed by atoms with Crippen molar-refractivity contribution in [1.29, 1.82) is 0 Å². The highest BCUT2D eigenvalue weighted by Gasteiger charge is 2.30. The van der Waals surface area contributed by atoms with Gasteiger partial charge in [0.25, 0.3) is 5.91 Å². The Morgan fingerprint density at radius 2 is 1.85 bits per heavy atom. The number of hydrogen-bond acceptors (Lipinski definition) is 3. The highest BCUT2D eigenvalue weighted by Crippen LogP contribution is 2.29. The Balaban J connectivity index is 1.75. The van der Waals surface area contributed by atoms with Crippen LogP contribution in [0.25, 0.3) is 11.0 Å². The molecule has 2 aromatic carbocycles. The monoisotopic (exact) mass is 362 g/mol. The first-order valence-corrected chi connectivity index (χ1v) is 8.04. The fourth-order valence-electron chi connectivity index (χ4n) is 2.70. The van der Waals surface area contributed by atoms with E-state index in [0.717, 1.165) is 17.6 Å². The molecule has 8 heteroatoms. The predicted molar refractivity (Wildman–Crippen MR) is 90.4 cm³/mol. The minimum absolute atomic E-state index is 0.205. The number of hydrogen-bond donors (Lipinski definition) is 0. The lowest BCUT2D eigenvalue weighted by Crippen LogP contribution is -2.26. The number of aromatic nitrogens is 3. The van der Waals surface area contributed by atoms with Crippen LogP contribution in [0.4, 0.5) is 13.2 Å². The molecule has 0 radical (unpaired) electrons. The highest BCUT2D eigenvalue weighted by molar-refractivity contribution is 5.97. The summed E-state index contributed by atoms with van der Waals surface area (Å²) in [4.78, 5) is 14.0. The third-order valence-electron chi connectivity index (χ3n) is 4.11. The van der Waals surface area contributed by atoms with Crippen molar-refractivity contribution in [2.75, 3.05) is 7.05 Å². The lowest BCUT2D eigenvalue weighted by molar-refractivity contribution is -0.137. The van der Waals surface area contributed by atoms with Gasteiger partial charge in [0.1, 0.15) is 5.52 Å². The lowest BCUT2D eigenvalue weighted by atomic mass is 10.1. The number of aryl methyl sites for hydroxylation is 1. The van der Waals surface area contributed by atoms with Crippen molar-refractivity contribution in [3.8, 4) is 0 Å². The minimum atomic E-state index is -4.37. The van der Waals surface area contributed by atoms with E-state index in [1.807, 2.05) is 6.92 Å². The minimum Gasteiger partial charge on any atom is -0.337 e. The third kappa shape index (κ3) is 3.54. The Labute approximate surface area is 148 Å². The summed E-state index contributed by atoms with van der Waals surface area (Å²) in [5, 5.41) is 8.05. The largest absolute Gasteiger partial charge is 0.416 e. The van der Waals surface area contributed by atoms with Crippen molar-refractivity contribution >= 4 is 16.9 Å². The first-order valence-electron chi connectivity index (χ1n) is 8.04. The average Bonchev–Trinajstić information content (AvgIpc) is 3.03. The van der Waals surface area contributed by atoms with Gasteiger partial charge in [0.05, 0.1) is 11.1 Å². The summed E-state index contributed by atoms with van der Waals surface area (Å²) >= 11 is 0. The molecular formula is C18H17F3N4O. The van der Waals surface area contributed by atoms with Crippen LogP contribution in [0.2, 0.25) is 0 Å². The van der Waals surface area contributed by atoms with Crippen molar-refractivity contribution < 1.29 is 18.0 Å². The van der Waals surface area contributed by atoms with Crippen molar-refractivity contribution in [2.24, 2.45) is 0 Å². The molecule has 1 amide bonds. The van der Waals surface area contributed by atoms with E-state index in [2.05, 4.69) is 10.3 Å². The van der Waals surface area contributed by atoms with Crippen LogP contribution in [0.1, 0.15) is 28.4 Å². The standard InChI is InChI=1S/C18H17F3N4O/c1-3-25-16-9-6-13(10-15(16)22-23-25)17(26)24(2)11-12-4-7-14(8-5-12)18(19,20)21/h4-10H,3,11H2,1-2H3. The smallest absolute Gasteiger partial charge is 0.337 e. The van der Waals surface area contributed by atoms with Gasteiger partial charge in [-0.15, -0.1) is 5.10 Å². The molecule has 0 aliphatic heterocycles. The number of nitrogens with zero attached hydrogens (tertiary/aromatic N) is 4. The molecule has 0 saturated carbocycles. The summed E-state index contributed by atoms with van der Waals surface area (Å²) in [6.45, 7) is 2.83. The molecule has 3 rings (SSSR count). The number of carbonyl (C=O) groups excluding carboxylic acids is 1. The molecule has 0 saturated heterocycles. The zero-order valence-corrected chi connectivity index (χ0v) is 14.3. The van der Waals surface area contributed by atoms with Crippen LogP contribution in [0.5, 0.6) is 0 Å². The first-order chi connectivity index (χ1) is 12.3. The van der Waals surface area contributed by atoms with E-state index < -0.39 is 11.7 Å². The number of fused-ring (bicyclic) bond motifs is 1. The topological polar surface area (TPSA) is 51.0 Å². The van der Waals surface area contributed by atoms with Gasteiger partial charge >= 0.3 is 6.18 Å². The number of halogens is 3. The molecule has 26 heavy (non-hydrogen) atoms. The average molecular weight is 362 g/mol. The second-order valence-electron chi connectivity index (χ2n) is 5.96. The van der Waals surface area contributed by atoms with Crippen LogP contribution in [0.3, 0.4) is 0 Å². The van der Waals surface area contributed by atoms with E-state index in [0.29, 0.717) is 23.2 Å². The van der Waals surface area contributed by atoms with Gasteiger partial charge in [-0.2, -0.15) is 13.2 Å². The second-order valence-corrected chi connectivity index (χ2v) is 5.96. The SMILES string of the molecule is CCn1nnc2cc(C(=O)N(C)Cc3ccc(C(F)(F)F)cc3)ccc21. The number of amides is 1. The van der Waals surface area contributed by atoms with E-state index in [1.54, 1.807) is 29.9 Å². The van der Waals surface area contributed by atoms with Crippen LogP contribution in [-0.4, -0.2) is 32.8 Å². The number of alkyl halides is 3. The Morgan fingerprint density at radius 1 is 1.15 bits per heavy atom. The lowest BCUT2D eigenvalue weighted by Gasteiger charge is -2.18. The summed E-state index contributed by atoms with van der Waals surface area (Å²) in [5.74, 6) is -0.238. The molecule has 0 aliphatic rings. The quantitative estimate of drug-likeness (QED) is 0.710. The van der Waals surface area contributed by atoms with Gasteiger partial charge in [0.2, 0.25) is 0 Å². The van der Waals surface area contributed by atoms with Crippen LogP contribution in [0.15, 0.2) is 42.5 Å². The molecule has 0 N–H and O–H groups in total. The van der Waals surface area contributed by atoms with Crippen molar-refractivity contribution in [3.05, 3.63) is 59.2 Å². The zero-order chi connectivity index (χ0) is 18.9. The molecule has 0 aliphatic carbocycles. The molecule has 0 fully saturated rings. The molecule has 5 nitrogen and oxygen atoms in total. The van der Waals surface area contributed by atoms with Gasteiger partial charge in [-0.25, -0.2) is 4.68 Å². The molecule has 1 aromatic heterocycles. The molecule has 0 unspecified atom stereocenters. The van der Waals surface area contributed by atoms with Crippen molar-refractivity contribution in [1.82, 2.24) is 19.9 Å². The fraction of sp³-hybridized carbons (Fsp3) is 0.278. The summed E-state index contributed by atoms with van der Waals surface area (Å²) < 4.78 is 39.6. The van der Waals surface area contributed by atoms with Crippen LogP contribution in [0, 0.1) is 0 Å². The van der Waals surface area contributed by atoms with Gasteiger partial charge in [0, 0.05) is 25.7 Å². The summed E-state index contributed by atoms with van der Waals surface area (Å²) in [6, 6.07) is 9.94. The normalized spacial score (nSPS) is 11.7. The van der Waals surface area contributed by atoms with Crippen molar-refractivity contribution in [2.45, 2.75) is 26.2 Å². The van der Waals surface area contributed by atoms with Crippen LogP contribution < -0.4 is 0 Å². The predicted octanol–water partition coefficient (Wildman–Crippen LogP) is 3.74. The Kier molecular flexibility index (Phi) is 4.67. The number of benzene rings is 2. The summed E-state index contributed by atoms with van der Waals surface area (Å²) in [7, 11) is 1.60. The zero-order valence-electron chi connectivity index (χ0n) is 14.3. The van der Waals surface area contributed by atoms with E-state index in [-0.39, 0.29) is 12.5 Å². The van der Waals surface area contributed by atoms with Crippen molar-refractivity contribution in [3.63, 3.8) is 0 Å². The Morgan fingerprint density at radius 3 is 2.46 bits per heavy atom. The van der Waals surface area contributed by atoms with Crippen LogP contribution in [-0.2, 0) is 19.3 Å². The molecule has 136 valence electrons. The second kappa shape index (κ2) is 6.78. The molecule has 0 spiro atoms. The van der Waals surface area contributed by atoms with E-state index in [4.69, 9.17) is 0 Å². The van der Waals surface area contributed by atoms with E-state index in [9.17, 15) is 18.0 Å². The summed E-state index contributed by atoms with van der Waals surface area (Å²) in [5.41, 5.74) is 1.83. The van der Waals surface area contributed by atoms with Crippen LogP contribution >= 0.6 is 0 Å². The molecule has 1 heterocycles. The van der Waals surface area contributed by atoms with Gasteiger partial charge in [-0.1, -0.05) is 17.3 Å². The number of carbonyl (C=O) groups is 1. The maximum Gasteiger partial charge on any atom is 0.416 e. The highest BCUT2D eigenvalue weighted by atomic mass is 19.4. The third-order valence-corrected chi connectivity index (χ3v) is 4.11. The van der Waals surface area contributed by atoms with Gasteiger partial charge < -0.3 is 4.90 Å². The van der Waals surface area contributed by atoms with Gasteiger partial charge in [-0.05, 0) is 42.8 Å². The molecular weight excluding hydrogens is 345 g/mol. The summed E-state index contributed by atoms with van der Waals surface area (Å²) in [6.07, 6.45) is -4.37. The number of rotatable bonds is 4. The first kappa shape index (κ1) is 17.9. The maximum atomic E-state index is 12.6. The van der Waals surface area contributed by atoms with E-state index in [1.165, 1.54) is 17.0 Å². The Hall–Kier alpha value is -2.90. The van der Waals surface area contributed by atoms with E-state index >= 15 is 0 Å². The molecule has 0 bridgehead atoms.